The average Bonchev–Trinajstić information content (AvgIpc) is 2.20. The van der Waals surface area contributed by atoms with Crippen LogP contribution in [-0.4, -0.2) is 22.2 Å². The Morgan fingerprint density at radius 1 is 1.50 bits per heavy atom. The van der Waals surface area contributed by atoms with E-state index in [2.05, 4.69) is 4.98 Å². The summed E-state index contributed by atoms with van der Waals surface area (Å²) < 4.78 is 18.2. The second kappa shape index (κ2) is 4.92. The van der Waals surface area contributed by atoms with Crippen LogP contribution in [0.4, 0.5) is 4.39 Å². The number of rotatable bonds is 4. The molecule has 0 amide bonds. The van der Waals surface area contributed by atoms with Crippen LogP contribution in [0.5, 0.6) is 5.88 Å². The molecule has 0 aliphatic heterocycles. The number of carboxylic acid groups (broad SMARTS) is 1. The van der Waals surface area contributed by atoms with Crippen molar-refractivity contribution in [3.63, 3.8) is 0 Å². The van der Waals surface area contributed by atoms with Gasteiger partial charge in [0.25, 0.3) is 0 Å². The summed E-state index contributed by atoms with van der Waals surface area (Å²) in [6.45, 7) is 5.69. The minimum absolute atomic E-state index is 0.0462. The number of halogens is 1. The molecule has 0 saturated heterocycles. The van der Waals surface area contributed by atoms with Gasteiger partial charge in [0.05, 0.1) is 12.3 Å². The van der Waals surface area contributed by atoms with Crippen molar-refractivity contribution in [2.24, 2.45) is 5.92 Å². The van der Waals surface area contributed by atoms with E-state index in [1.54, 1.807) is 6.92 Å². The third-order valence-corrected chi connectivity index (χ3v) is 2.28. The standard InChI is InChI=1S/C11H14FNO3/c1-6(2)7(3)16-10-9(11(14)15)4-8(12)5-13-10/h4-7H,1-3H3,(H,14,15). The predicted molar refractivity (Wildman–Crippen MR) is 56.1 cm³/mol. The number of aromatic nitrogens is 1. The van der Waals surface area contributed by atoms with Gasteiger partial charge in [0.15, 0.2) is 0 Å². The smallest absolute Gasteiger partial charge is 0.341 e. The largest absolute Gasteiger partial charge is 0.477 e. The molecule has 1 rings (SSSR count). The summed E-state index contributed by atoms with van der Waals surface area (Å²) in [4.78, 5) is 14.5. The van der Waals surface area contributed by atoms with Crippen molar-refractivity contribution in [3.05, 3.63) is 23.6 Å². The van der Waals surface area contributed by atoms with Crippen LogP contribution in [0.15, 0.2) is 12.3 Å². The molecule has 0 aliphatic rings. The molecule has 1 aromatic heterocycles. The Morgan fingerprint density at radius 3 is 2.62 bits per heavy atom. The van der Waals surface area contributed by atoms with Gasteiger partial charge in [0.1, 0.15) is 11.4 Å². The Labute approximate surface area is 93.1 Å². The summed E-state index contributed by atoms with van der Waals surface area (Å²) >= 11 is 0. The molecule has 0 aromatic carbocycles. The van der Waals surface area contributed by atoms with Gasteiger partial charge in [-0.1, -0.05) is 13.8 Å². The van der Waals surface area contributed by atoms with E-state index >= 15 is 0 Å². The number of carboxylic acids is 1. The zero-order valence-corrected chi connectivity index (χ0v) is 9.40. The van der Waals surface area contributed by atoms with E-state index in [9.17, 15) is 9.18 Å². The molecule has 1 atom stereocenters. The van der Waals surface area contributed by atoms with E-state index in [1.807, 2.05) is 13.8 Å². The average molecular weight is 227 g/mol. The van der Waals surface area contributed by atoms with Crippen LogP contribution in [0.1, 0.15) is 31.1 Å². The Balaban J connectivity index is 2.99. The first kappa shape index (κ1) is 12.4. The van der Waals surface area contributed by atoms with Gasteiger partial charge in [-0.3, -0.25) is 0 Å². The molecule has 0 saturated carbocycles. The fourth-order valence-corrected chi connectivity index (χ4v) is 0.986. The van der Waals surface area contributed by atoms with Crippen LogP contribution in [0.3, 0.4) is 0 Å². The molecule has 0 bridgehead atoms. The van der Waals surface area contributed by atoms with Crippen molar-refractivity contribution in [2.75, 3.05) is 0 Å². The van der Waals surface area contributed by atoms with E-state index in [0.717, 1.165) is 12.3 Å². The Morgan fingerprint density at radius 2 is 2.12 bits per heavy atom. The molecule has 0 radical (unpaired) electrons. The number of pyridine rings is 1. The molecule has 88 valence electrons. The monoisotopic (exact) mass is 227 g/mol. The van der Waals surface area contributed by atoms with Gasteiger partial charge in [0.2, 0.25) is 5.88 Å². The van der Waals surface area contributed by atoms with Gasteiger partial charge in [0, 0.05) is 0 Å². The third-order valence-electron chi connectivity index (χ3n) is 2.28. The lowest BCUT2D eigenvalue weighted by Crippen LogP contribution is -2.20. The summed E-state index contributed by atoms with van der Waals surface area (Å²) in [5.41, 5.74) is -0.257. The highest BCUT2D eigenvalue weighted by molar-refractivity contribution is 5.90. The number of carbonyl (C=O) groups is 1. The first-order valence-electron chi connectivity index (χ1n) is 4.97. The fourth-order valence-electron chi connectivity index (χ4n) is 0.986. The highest BCUT2D eigenvalue weighted by atomic mass is 19.1. The SMILES string of the molecule is CC(C)C(C)Oc1ncc(F)cc1C(=O)O. The van der Waals surface area contributed by atoms with Crippen LogP contribution in [0, 0.1) is 11.7 Å². The topological polar surface area (TPSA) is 59.4 Å². The zero-order chi connectivity index (χ0) is 12.3. The maximum absolute atomic E-state index is 12.8. The molecule has 1 heterocycles. The summed E-state index contributed by atoms with van der Waals surface area (Å²) in [7, 11) is 0. The van der Waals surface area contributed by atoms with Crippen molar-refractivity contribution in [3.8, 4) is 5.88 Å². The molecule has 5 heteroatoms. The second-order valence-electron chi connectivity index (χ2n) is 3.88. The fraction of sp³-hybridized carbons (Fsp3) is 0.455. The quantitative estimate of drug-likeness (QED) is 0.857. The number of hydrogen-bond donors (Lipinski definition) is 1. The van der Waals surface area contributed by atoms with Crippen molar-refractivity contribution < 1.29 is 19.0 Å². The van der Waals surface area contributed by atoms with E-state index in [-0.39, 0.29) is 23.5 Å². The van der Waals surface area contributed by atoms with Crippen molar-refractivity contribution in [2.45, 2.75) is 26.9 Å². The van der Waals surface area contributed by atoms with Crippen molar-refractivity contribution in [1.29, 1.82) is 0 Å². The molecule has 0 spiro atoms. The molecule has 1 unspecified atom stereocenters. The van der Waals surface area contributed by atoms with Gasteiger partial charge in [-0.25, -0.2) is 14.2 Å². The Kier molecular flexibility index (Phi) is 3.82. The molecular weight excluding hydrogens is 213 g/mol. The second-order valence-corrected chi connectivity index (χ2v) is 3.88. The molecule has 0 fully saturated rings. The summed E-state index contributed by atoms with van der Waals surface area (Å²) in [5, 5.41) is 8.85. The van der Waals surface area contributed by atoms with E-state index < -0.39 is 11.8 Å². The lowest BCUT2D eigenvalue weighted by Gasteiger charge is -2.18. The summed E-state index contributed by atoms with van der Waals surface area (Å²) in [5.74, 6) is -1.77. The molecule has 1 aromatic rings. The minimum Gasteiger partial charge on any atom is -0.477 e. The molecular formula is C11H14FNO3. The number of hydrogen-bond acceptors (Lipinski definition) is 3. The highest BCUT2D eigenvalue weighted by Gasteiger charge is 2.17. The zero-order valence-electron chi connectivity index (χ0n) is 9.40. The maximum Gasteiger partial charge on any atom is 0.341 e. The lowest BCUT2D eigenvalue weighted by atomic mass is 10.1. The predicted octanol–water partition coefficient (Wildman–Crippen LogP) is 2.34. The first-order valence-corrected chi connectivity index (χ1v) is 4.97. The molecule has 1 N–H and O–H groups in total. The van der Waals surface area contributed by atoms with Gasteiger partial charge < -0.3 is 9.84 Å². The van der Waals surface area contributed by atoms with Gasteiger partial charge in [-0.2, -0.15) is 0 Å². The van der Waals surface area contributed by atoms with E-state index in [4.69, 9.17) is 9.84 Å². The van der Waals surface area contributed by atoms with Crippen molar-refractivity contribution >= 4 is 5.97 Å². The summed E-state index contributed by atoms with van der Waals surface area (Å²) in [6, 6.07) is 0.901. The minimum atomic E-state index is -1.25. The molecule has 4 nitrogen and oxygen atoms in total. The Hall–Kier alpha value is -1.65. The number of aromatic carboxylic acids is 1. The van der Waals surface area contributed by atoms with E-state index in [0.29, 0.717) is 0 Å². The summed E-state index contributed by atoms with van der Waals surface area (Å²) in [6.07, 6.45) is 0.755. The first-order chi connectivity index (χ1) is 7.41. The molecule has 0 aliphatic carbocycles. The third kappa shape index (κ3) is 2.92. The van der Waals surface area contributed by atoms with E-state index in [1.165, 1.54) is 0 Å². The lowest BCUT2D eigenvalue weighted by molar-refractivity contribution is 0.0684. The number of nitrogens with zero attached hydrogens (tertiary/aromatic N) is 1. The van der Waals surface area contributed by atoms with Crippen LogP contribution in [-0.2, 0) is 0 Å². The highest BCUT2D eigenvalue weighted by Crippen LogP contribution is 2.19. The van der Waals surface area contributed by atoms with Crippen LogP contribution in [0.25, 0.3) is 0 Å². The van der Waals surface area contributed by atoms with Crippen LogP contribution < -0.4 is 4.74 Å². The Bertz CT molecular complexity index is 393. The van der Waals surface area contributed by atoms with Crippen LogP contribution >= 0.6 is 0 Å². The normalized spacial score (nSPS) is 12.6. The van der Waals surface area contributed by atoms with Crippen molar-refractivity contribution in [1.82, 2.24) is 4.98 Å². The van der Waals surface area contributed by atoms with Crippen LogP contribution in [0.2, 0.25) is 0 Å². The maximum atomic E-state index is 12.8. The molecule has 16 heavy (non-hydrogen) atoms. The van der Waals surface area contributed by atoms with Gasteiger partial charge >= 0.3 is 5.97 Å². The number of ether oxygens (including phenoxy) is 1. The van der Waals surface area contributed by atoms with Gasteiger partial charge in [-0.05, 0) is 18.9 Å². The van der Waals surface area contributed by atoms with Gasteiger partial charge in [-0.15, -0.1) is 0 Å².